The standard InChI is InChI=1S/C19H35N3O4/c1-22(2)12-18(24)21-16-9-8-15(26-17(16)13-23)10-11-20-19(25)14-6-4-3-5-7-14/h14-17,23H,3-13H2,1-2H3,(H,20,25)(H,21,24)/t15-,16+,17-/m0/s1. The van der Waals surface area contributed by atoms with Crippen LogP contribution in [0.25, 0.3) is 0 Å². The summed E-state index contributed by atoms with van der Waals surface area (Å²) in [7, 11) is 3.69. The average molecular weight is 370 g/mol. The van der Waals surface area contributed by atoms with Gasteiger partial charge in [-0.25, -0.2) is 0 Å². The van der Waals surface area contributed by atoms with Crippen molar-refractivity contribution in [2.45, 2.75) is 69.6 Å². The molecule has 7 nitrogen and oxygen atoms in total. The number of ether oxygens (including phenoxy) is 1. The molecule has 0 unspecified atom stereocenters. The molecule has 0 aromatic heterocycles. The molecule has 1 saturated heterocycles. The monoisotopic (exact) mass is 369 g/mol. The molecule has 2 rings (SSSR count). The van der Waals surface area contributed by atoms with Gasteiger partial charge in [0.2, 0.25) is 11.8 Å². The predicted octanol–water partition coefficient (Wildman–Crippen LogP) is 0.659. The van der Waals surface area contributed by atoms with Crippen LogP contribution < -0.4 is 10.6 Å². The second-order valence-corrected chi connectivity index (χ2v) is 7.88. The van der Waals surface area contributed by atoms with Crippen LogP contribution in [0.5, 0.6) is 0 Å². The maximum Gasteiger partial charge on any atom is 0.234 e. The number of hydrogen-bond acceptors (Lipinski definition) is 5. The number of nitrogens with one attached hydrogen (secondary N) is 2. The number of nitrogens with zero attached hydrogens (tertiary/aromatic N) is 1. The number of hydrogen-bond donors (Lipinski definition) is 3. The molecule has 0 aromatic carbocycles. The highest BCUT2D eigenvalue weighted by Crippen LogP contribution is 2.24. The molecule has 1 saturated carbocycles. The lowest BCUT2D eigenvalue weighted by atomic mass is 9.88. The lowest BCUT2D eigenvalue weighted by Gasteiger charge is -2.36. The van der Waals surface area contributed by atoms with Gasteiger partial charge in [0.05, 0.1) is 25.3 Å². The van der Waals surface area contributed by atoms with Crippen LogP contribution in [0.15, 0.2) is 0 Å². The van der Waals surface area contributed by atoms with Crippen molar-refractivity contribution >= 4 is 11.8 Å². The van der Waals surface area contributed by atoms with Gasteiger partial charge in [0.15, 0.2) is 0 Å². The Hall–Kier alpha value is -1.18. The van der Waals surface area contributed by atoms with E-state index in [1.54, 1.807) is 0 Å². The molecule has 1 aliphatic heterocycles. The Labute approximate surface area is 156 Å². The van der Waals surface area contributed by atoms with E-state index < -0.39 is 0 Å². The van der Waals surface area contributed by atoms with Gasteiger partial charge in [-0.05, 0) is 46.2 Å². The van der Waals surface area contributed by atoms with Gasteiger partial charge in [0.25, 0.3) is 0 Å². The molecule has 2 fully saturated rings. The SMILES string of the molecule is CN(C)CC(=O)N[C@@H]1CC[C@@H](CCNC(=O)C2CCCCC2)O[C@H]1CO. The van der Waals surface area contributed by atoms with E-state index in [1.165, 1.54) is 6.42 Å². The van der Waals surface area contributed by atoms with E-state index in [1.807, 2.05) is 19.0 Å². The fourth-order valence-corrected chi connectivity index (χ4v) is 3.91. The number of likely N-dealkylation sites (N-methyl/N-ethyl adjacent to an activating group) is 1. The minimum Gasteiger partial charge on any atom is -0.394 e. The summed E-state index contributed by atoms with van der Waals surface area (Å²) in [5.41, 5.74) is 0. The molecule has 7 heteroatoms. The third kappa shape index (κ3) is 6.85. The van der Waals surface area contributed by atoms with Crippen LogP contribution in [0, 0.1) is 5.92 Å². The molecule has 26 heavy (non-hydrogen) atoms. The summed E-state index contributed by atoms with van der Waals surface area (Å²) < 4.78 is 5.95. The summed E-state index contributed by atoms with van der Waals surface area (Å²) in [5, 5.41) is 15.6. The molecular formula is C19H35N3O4. The maximum atomic E-state index is 12.2. The molecular weight excluding hydrogens is 334 g/mol. The first-order chi connectivity index (χ1) is 12.5. The Morgan fingerprint density at radius 3 is 2.50 bits per heavy atom. The van der Waals surface area contributed by atoms with Gasteiger partial charge in [0, 0.05) is 12.5 Å². The third-order valence-electron chi connectivity index (χ3n) is 5.34. The molecule has 0 bridgehead atoms. The van der Waals surface area contributed by atoms with Crippen molar-refractivity contribution in [1.82, 2.24) is 15.5 Å². The van der Waals surface area contributed by atoms with Crippen molar-refractivity contribution in [2.75, 3.05) is 33.8 Å². The highest BCUT2D eigenvalue weighted by molar-refractivity contribution is 5.78. The highest BCUT2D eigenvalue weighted by atomic mass is 16.5. The number of carbonyl (C=O) groups is 2. The Morgan fingerprint density at radius 1 is 1.12 bits per heavy atom. The van der Waals surface area contributed by atoms with E-state index in [0.29, 0.717) is 13.1 Å². The smallest absolute Gasteiger partial charge is 0.234 e. The molecule has 0 spiro atoms. The normalized spacial score (nSPS) is 27.3. The van der Waals surface area contributed by atoms with E-state index >= 15 is 0 Å². The van der Waals surface area contributed by atoms with Gasteiger partial charge >= 0.3 is 0 Å². The molecule has 0 radical (unpaired) electrons. The van der Waals surface area contributed by atoms with Crippen LogP contribution in [0.1, 0.15) is 51.4 Å². The fourth-order valence-electron chi connectivity index (χ4n) is 3.91. The van der Waals surface area contributed by atoms with Gasteiger partial charge in [-0.2, -0.15) is 0 Å². The van der Waals surface area contributed by atoms with Crippen LogP contribution >= 0.6 is 0 Å². The maximum absolute atomic E-state index is 12.2. The van der Waals surface area contributed by atoms with E-state index in [2.05, 4.69) is 10.6 Å². The Kier molecular flexibility index (Phi) is 8.81. The lowest BCUT2D eigenvalue weighted by molar-refractivity contribution is -0.130. The summed E-state index contributed by atoms with van der Waals surface area (Å²) in [6.07, 6.45) is 7.55. The molecule has 3 N–H and O–H groups in total. The zero-order chi connectivity index (χ0) is 18.9. The summed E-state index contributed by atoms with van der Waals surface area (Å²) in [6, 6.07) is -0.152. The third-order valence-corrected chi connectivity index (χ3v) is 5.34. The number of rotatable bonds is 8. The van der Waals surface area contributed by atoms with Gasteiger partial charge in [-0.1, -0.05) is 19.3 Å². The second-order valence-electron chi connectivity index (χ2n) is 7.88. The van der Waals surface area contributed by atoms with Crippen molar-refractivity contribution < 1.29 is 19.4 Å². The topological polar surface area (TPSA) is 90.9 Å². The Morgan fingerprint density at radius 2 is 1.85 bits per heavy atom. The van der Waals surface area contributed by atoms with Crippen molar-refractivity contribution in [3.8, 4) is 0 Å². The van der Waals surface area contributed by atoms with Crippen LogP contribution in [0.4, 0.5) is 0 Å². The minimum absolute atomic E-state index is 0.0146. The predicted molar refractivity (Wildman–Crippen MR) is 99.7 cm³/mol. The van der Waals surface area contributed by atoms with E-state index in [4.69, 9.17) is 4.74 Å². The highest BCUT2D eigenvalue weighted by Gasteiger charge is 2.32. The molecule has 2 aliphatic rings. The van der Waals surface area contributed by atoms with Gasteiger partial charge in [0.1, 0.15) is 6.10 Å². The van der Waals surface area contributed by atoms with Crippen molar-refractivity contribution in [1.29, 1.82) is 0 Å². The first-order valence-corrected chi connectivity index (χ1v) is 9.97. The number of aliphatic hydroxyl groups is 1. The van der Waals surface area contributed by atoms with Crippen molar-refractivity contribution in [3.63, 3.8) is 0 Å². The van der Waals surface area contributed by atoms with Crippen LogP contribution in [-0.4, -0.2) is 73.9 Å². The Bertz CT molecular complexity index is 452. The summed E-state index contributed by atoms with van der Waals surface area (Å²) >= 11 is 0. The number of aliphatic hydroxyl groups excluding tert-OH is 1. The zero-order valence-electron chi connectivity index (χ0n) is 16.2. The average Bonchev–Trinajstić information content (AvgIpc) is 2.62. The van der Waals surface area contributed by atoms with Crippen LogP contribution in [0.3, 0.4) is 0 Å². The number of carbonyl (C=O) groups excluding carboxylic acids is 2. The molecule has 1 aliphatic carbocycles. The van der Waals surface area contributed by atoms with Gasteiger partial charge in [-0.15, -0.1) is 0 Å². The largest absolute Gasteiger partial charge is 0.394 e. The second kappa shape index (κ2) is 10.8. The zero-order valence-corrected chi connectivity index (χ0v) is 16.2. The van der Waals surface area contributed by atoms with Gasteiger partial charge in [-0.3, -0.25) is 9.59 Å². The van der Waals surface area contributed by atoms with Crippen molar-refractivity contribution in [3.05, 3.63) is 0 Å². The van der Waals surface area contributed by atoms with Crippen LogP contribution in [0.2, 0.25) is 0 Å². The number of amides is 2. The minimum atomic E-state index is -0.381. The van der Waals surface area contributed by atoms with Crippen molar-refractivity contribution in [2.24, 2.45) is 5.92 Å². The molecule has 150 valence electrons. The Balaban J connectivity index is 1.69. The molecule has 2 amide bonds. The summed E-state index contributed by atoms with van der Waals surface area (Å²) in [4.78, 5) is 25.9. The van der Waals surface area contributed by atoms with Gasteiger partial charge < -0.3 is 25.4 Å². The summed E-state index contributed by atoms with van der Waals surface area (Å²) in [5.74, 6) is 0.297. The summed E-state index contributed by atoms with van der Waals surface area (Å²) in [6.45, 7) is 0.818. The van der Waals surface area contributed by atoms with E-state index in [0.717, 1.165) is 44.9 Å². The first-order valence-electron chi connectivity index (χ1n) is 9.97. The van der Waals surface area contributed by atoms with E-state index in [9.17, 15) is 14.7 Å². The first kappa shape index (κ1) is 21.1. The van der Waals surface area contributed by atoms with E-state index in [-0.39, 0.29) is 42.6 Å². The molecule has 1 heterocycles. The quantitative estimate of drug-likeness (QED) is 0.585. The molecule has 0 aromatic rings. The van der Waals surface area contributed by atoms with Crippen LogP contribution in [-0.2, 0) is 14.3 Å². The molecule has 3 atom stereocenters. The lowest BCUT2D eigenvalue weighted by Crippen LogP contribution is -2.52. The fraction of sp³-hybridized carbons (Fsp3) is 0.895.